The fraction of sp³-hybridized carbons (Fsp3) is 0.407. The number of amides is 1. The molecule has 0 unspecified atom stereocenters. The summed E-state index contributed by atoms with van der Waals surface area (Å²) in [6.45, 7) is 8.78. The zero-order chi connectivity index (χ0) is 23.3. The molecule has 0 spiro atoms. The minimum atomic E-state index is -0.0847. The van der Waals surface area contributed by atoms with Crippen LogP contribution >= 0.6 is 0 Å². The van der Waals surface area contributed by atoms with E-state index in [0.717, 1.165) is 35.6 Å². The van der Waals surface area contributed by atoms with Gasteiger partial charge < -0.3 is 19.6 Å². The van der Waals surface area contributed by atoms with Crippen LogP contribution in [0.4, 0.5) is 0 Å². The summed E-state index contributed by atoms with van der Waals surface area (Å²) in [6.07, 6.45) is 6.32. The van der Waals surface area contributed by atoms with E-state index in [1.54, 1.807) is 19.0 Å². The first-order valence-electron chi connectivity index (χ1n) is 11.9. The fourth-order valence-corrected chi connectivity index (χ4v) is 5.20. The highest BCUT2D eigenvalue weighted by atomic mass is 16.2. The normalized spacial score (nSPS) is 15.1. The number of hydrogen-bond acceptors (Lipinski definition) is 3. The third kappa shape index (κ3) is 3.82. The zero-order valence-corrected chi connectivity index (χ0v) is 20.2. The first-order valence-corrected chi connectivity index (χ1v) is 11.9. The number of fused-ring (bicyclic) bond motifs is 2. The molecule has 1 saturated heterocycles. The number of carbonyl (C=O) groups is 1. The first kappa shape index (κ1) is 21.7. The lowest BCUT2D eigenvalue weighted by molar-refractivity contribution is 0.0822. The number of rotatable bonds is 4. The Bertz CT molecular complexity index is 1340. The standard InChI is InChI=1S/C27H33N5O/c1-16(2)24-21-13-19(18-8-10-28-11-9-18)6-7-22(21)29-25(24)20-12-17(3)26-30-23(15-32(26)14-20)27(33)31(4)5/h6-7,12-16,18,28-29H,8-11H2,1-5H3. The number of pyridine rings is 1. The highest BCUT2D eigenvalue weighted by Gasteiger charge is 2.21. The van der Waals surface area contributed by atoms with Gasteiger partial charge in [0.1, 0.15) is 11.3 Å². The van der Waals surface area contributed by atoms with Gasteiger partial charge in [-0.1, -0.05) is 19.9 Å². The number of piperidine rings is 1. The Labute approximate surface area is 195 Å². The fourth-order valence-electron chi connectivity index (χ4n) is 5.20. The average Bonchev–Trinajstić information content (AvgIpc) is 3.40. The molecular formula is C27H33N5O. The molecule has 0 radical (unpaired) electrons. The molecule has 2 N–H and O–H groups in total. The van der Waals surface area contributed by atoms with Gasteiger partial charge in [-0.15, -0.1) is 0 Å². The van der Waals surface area contributed by atoms with Crippen LogP contribution in [0.25, 0.3) is 27.8 Å². The molecule has 1 aromatic carbocycles. The summed E-state index contributed by atoms with van der Waals surface area (Å²) in [5, 5.41) is 4.80. The predicted octanol–water partition coefficient (Wildman–Crippen LogP) is 5.08. The molecule has 0 atom stereocenters. The van der Waals surface area contributed by atoms with Crippen LogP contribution in [0.15, 0.2) is 36.7 Å². The maximum atomic E-state index is 12.4. The lowest BCUT2D eigenvalue weighted by Crippen LogP contribution is -2.26. The summed E-state index contributed by atoms with van der Waals surface area (Å²) in [7, 11) is 3.50. The van der Waals surface area contributed by atoms with Gasteiger partial charge in [0, 0.05) is 43.0 Å². The van der Waals surface area contributed by atoms with Gasteiger partial charge >= 0.3 is 0 Å². The monoisotopic (exact) mass is 443 g/mol. The molecule has 3 aromatic heterocycles. The number of imidazole rings is 1. The highest BCUT2D eigenvalue weighted by molar-refractivity contribution is 5.94. The summed E-state index contributed by atoms with van der Waals surface area (Å²) < 4.78 is 1.98. The van der Waals surface area contributed by atoms with E-state index in [-0.39, 0.29) is 5.91 Å². The quantitative estimate of drug-likeness (QED) is 0.462. The number of nitrogens with zero attached hydrogens (tertiary/aromatic N) is 3. The Balaban J connectivity index is 1.64. The number of aromatic amines is 1. The van der Waals surface area contributed by atoms with Gasteiger partial charge in [0.05, 0.1) is 5.69 Å². The Morgan fingerprint density at radius 3 is 2.61 bits per heavy atom. The largest absolute Gasteiger partial charge is 0.354 e. The lowest BCUT2D eigenvalue weighted by Gasteiger charge is -2.23. The molecule has 4 aromatic rings. The number of carbonyl (C=O) groups excluding carboxylic acids is 1. The van der Waals surface area contributed by atoms with Crippen molar-refractivity contribution in [2.24, 2.45) is 0 Å². The SMILES string of the molecule is Cc1cc(-c2[nH]c3ccc(C4CCNCC4)cc3c2C(C)C)cn2cc(C(=O)N(C)C)nc12. The summed E-state index contributed by atoms with van der Waals surface area (Å²) >= 11 is 0. The Kier molecular flexibility index (Phi) is 5.49. The Morgan fingerprint density at radius 1 is 1.15 bits per heavy atom. The van der Waals surface area contributed by atoms with Crippen molar-refractivity contribution in [2.75, 3.05) is 27.2 Å². The van der Waals surface area contributed by atoms with Gasteiger partial charge in [0.15, 0.2) is 0 Å². The molecule has 1 fully saturated rings. The molecule has 1 amide bonds. The van der Waals surface area contributed by atoms with E-state index in [9.17, 15) is 4.79 Å². The smallest absolute Gasteiger partial charge is 0.273 e. The molecule has 172 valence electrons. The van der Waals surface area contributed by atoms with E-state index in [1.165, 1.54) is 34.9 Å². The minimum Gasteiger partial charge on any atom is -0.354 e. The summed E-state index contributed by atoms with van der Waals surface area (Å²) in [4.78, 5) is 22.3. The van der Waals surface area contributed by atoms with Crippen LogP contribution in [-0.4, -0.2) is 52.4 Å². The van der Waals surface area contributed by atoms with Crippen LogP contribution in [-0.2, 0) is 0 Å². The number of H-pyrrole nitrogens is 1. The molecule has 1 aliphatic heterocycles. The van der Waals surface area contributed by atoms with Crippen LogP contribution in [0.3, 0.4) is 0 Å². The average molecular weight is 444 g/mol. The van der Waals surface area contributed by atoms with Crippen LogP contribution < -0.4 is 5.32 Å². The first-order chi connectivity index (χ1) is 15.8. The molecule has 4 heterocycles. The number of aromatic nitrogens is 3. The minimum absolute atomic E-state index is 0.0847. The van der Waals surface area contributed by atoms with Crippen molar-refractivity contribution in [2.45, 2.75) is 45.4 Å². The van der Waals surface area contributed by atoms with Gasteiger partial charge in [-0.2, -0.15) is 0 Å². The van der Waals surface area contributed by atoms with Gasteiger partial charge in [-0.25, -0.2) is 4.98 Å². The highest BCUT2D eigenvalue weighted by Crippen LogP contribution is 2.38. The molecule has 0 bridgehead atoms. The molecule has 1 aliphatic rings. The van der Waals surface area contributed by atoms with Crippen molar-refractivity contribution in [3.8, 4) is 11.3 Å². The molecule has 33 heavy (non-hydrogen) atoms. The zero-order valence-electron chi connectivity index (χ0n) is 20.2. The lowest BCUT2D eigenvalue weighted by atomic mass is 9.88. The van der Waals surface area contributed by atoms with E-state index in [1.807, 2.05) is 10.6 Å². The molecule has 5 rings (SSSR count). The molecule has 6 nitrogen and oxygen atoms in total. The molecule has 0 saturated carbocycles. The third-order valence-corrected chi connectivity index (χ3v) is 6.90. The van der Waals surface area contributed by atoms with Gasteiger partial charge in [-0.05, 0) is 79.6 Å². The van der Waals surface area contributed by atoms with Gasteiger partial charge in [0.25, 0.3) is 5.91 Å². The van der Waals surface area contributed by atoms with E-state index in [2.05, 4.69) is 66.5 Å². The van der Waals surface area contributed by atoms with Gasteiger partial charge in [0.2, 0.25) is 0 Å². The molecular weight excluding hydrogens is 410 g/mol. The van der Waals surface area contributed by atoms with E-state index in [0.29, 0.717) is 17.5 Å². The number of aryl methyl sites for hydroxylation is 1. The summed E-state index contributed by atoms with van der Waals surface area (Å²) in [5.41, 5.74) is 8.58. The van der Waals surface area contributed by atoms with Crippen molar-refractivity contribution in [3.63, 3.8) is 0 Å². The van der Waals surface area contributed by atoms with Crippen LogP contribution in [0.1, 0.15) is 65.7 Å². The van der Waals surface area contributed by atoms with E-state index in [4.69, 9.17) is 0 Å². The topological polar surface area (TPSA) is 65.4 Å². The predicted molar refractivity (Wildman–Crippen MR) is 134 cm³/mol. The van der Waals surface area contributed by atoms with Crippen molar-refractivity contribution < 1.29 is 4.79 Å². The number of nitrogens with one attached hydrogen (secondary N) is 2. The Morgan fingerprint density at radius 2 is 1.91 bits per heavy atom. The molecule has 0 aliphatic carbocycles. The summed E-state index contributed by atoms with van der Waals surface area (Å²) in [6, 6.07) is 9.14. The van der Waals surface area contributed by atoms with Crippen LogP contribution in [0, 0.1) is 6.92 Å². The maximum absolute atomic E-state index is 12.4. The maximum Gasteiger partial charge on any atom is 0.273 e. The second-order valence-electron chi connectivity index (χ2n) is 9.87. The van der Waals surface area contributed by atoms with Crippen LogP contribution in [0.2, 0.25) is 0 Å². The third-order valence-electron chi connectivity index (χ3n) is 6.90. The van der Waals surface area contributed by atoms with E-state index < -0.39 is 0 Å². The Hall–Kier alpha value is -3.12. The van der Waals surface area contributed by atoms with Gasteiger partial charge in [-0.3, -0.25) is 4.79 Å². The number of benzene rings is 1. The second kappa shape index (κ2) is 8.34. The van der Waals surface area contributed by atoms with Crippen molar-refractivity contribution >= 4 is 22.5 Å². The number of hydrogen-bond donors (Lipinski definition) is 2. The van der Waals surface area contributed by atoms with Crippen molar-refractivity contribution in [3.05, 3.63) is 59.0 Å². The van der Waals surface area contributed by atoms with Crippen LogP contribution in [0.5, 0.6) is 0 Å². The summed E-state index contributed by atoms with van der Waals surface area (Å²) in [5.74, 6) is 0.923. The van der Waals surface area contributed by atoms with E-state index >= 15 is 0 Å². The second-order valence-corrected chi connectivity index (χ2v) is 9.87. The molecule has 6 heteroatoms. The van der Waals surface area contributed by atoms with Crippen molar-refractivity contribution in [1.82, 2.24) is 24.6 Å². The van der Waals surface area contributed by atoms with Crippen molar-refractivity contribution in [1.29, 1.82) is 0 Å².